The summed E-state index contributed by atoms with van der Waals surface area (Å²) >= 11 is 11.2. The maximum Gasteiger partial charge on any atom is 0.240 e. The van der Waals surface area contributed by atoms with Crippen molar-refractivity contribution in [3.8, 4) is 0 Å². The Morgan fingerprint density at radius 2 is 1.70 bits per heavy atom. The van der Waals surface area contributed by atoms with E-state index >= 15 is 0 Å². The van der Waals surface area contributed by atoms with E-state index in [9.17, 15) is 9.59 Å². The smallest absolute Gasteiger partial charge is 0.211 e. The number of isocyanates is 2. The maximum absolute atomic E-state index is 9.80. The van der Waals surface area contributed by atoms with Crippen molar-refractivity contribution < 1.29 is 9.59 Å². The fraction of sp³-hybridized carbons (Fsp3) is 0.429. The van der Waals surface area contributed by atoms with Gasteiger partial charge in [0.15, 0.2) is 0 Å². The van der Waals surface area contributed by atoms with Gasteiger partial charge in [-0.3, -0.25) is 0 Å². The molecule has 0 aliphatic heterocycles. The van der Waals surface area contributed by atoms with Crippen LogP contribution in [0.5, 0.6) is 0 Å². The molecule has 1 aliphatic rings. The summed E-state index contributed by atoms with van der Waals surface area (Å²) in [5.74, 6) is 0. The maximum atomic E-state index is 9.80. The van der Waals surface area contributed by atoms with Crippen molar-refractivity contribution in [2.45, 2.75) is 38.1 Å². The Labute approximate surface area is 127 Å². The molecule has 0 atom stereocenters. The lowest BCUT2D eigenvalue weighted by atomic mass is 9.96. The van der Waals surface area contributed by atoms with Gasteiger partial charge < -0.3 is 0 Å². The van der Waals surface area contributed by atoms with Crippen LogP contribution in [0.1, 0.15) is 32.1 Å². The second-order valence-corrected chi connectivity index (χ2v) is 5.13. The molecule has 0 heterocycles. The lowest BCUT2D eigenvalue weighted by Crippen LogP contribution is -2.08. The van der Waals surface area contributed by atoms with E-state index in [1.165, 1.54) is 31.4 Å². The van der Waals surface area contributed by atoms with Crippen molar-refractivity contribution in [1.82, 2.24) is 0 Å². The van der Waals surface area contributed by atoms with Gasteiger partial charge in [0, 0.05) is 0 Å². The van der Waals surface area contributed by atoms with Crippen LogP contribution in [0.2, 0.25) is 10.0 Å². The van der Waals surface area contributed by atoms with Crippen LogP contribution < -0.4 is 0 Å². The Morgan fingerprint density at radius 1 is 1.00 bits per heavy atom. The number of carbonyl (C=O) groups excluding carboxylic acids is 2. The van der Waals surface area contributed by atoms with Crippen molar-refractivity contribution >= 4 is 41.0 Å². The molecule has 0 spiro atoms. The van der Waals surface area contributed by atoms with Gasteiger partial charge in [0.2, 0.25) is 12.2 Å². The zero-order chi connectivity index (χ0) is 14.8. The number of hydrogen-bond donors (Lipinski definition) is 0. The summed E-state index contributed by atoms with van der Waals surface area (Å²) in [6.45, 7) is 0. The molecule has 0 unspecified atom stereocenters. The average molecular weight is 313 g/mol. The monoisotopic (exact) mass is 312 g/mol. The van der Waals surface area contributed by atoms with Gasteiger partial charge >= 0.3 is 0 Å². The quantitative estimate of drug-likeness (QED) is 0.591. The molecule has 6 heteroatoms. The van der Waals surface area contributed by atoms with Crippen LogP contribution in [0.25, 0.3) is 0 Å². The van der Waals surface area contributed by atoms with Crippen molar-refractivity contribution in [2.24, 2.45) is 9.98 Å². The predicted octanol–water partition coefficient (Wildman–Crippen LogP) is 4.62. The minimum atomic E-state index is 0.302. The fourth-order valence-corrected chi connectivity index (χ4v) is 2.18. The minimum Gasteiger partial charge on any atom is -0.211 e. The van der Waals surface area contributed by atoms with Crippen molar-refractivity contribution in [1.29, 1.82) is 0 Å². The Kier molecular flexibility index (Phi) is 7.86. The summed E-state index contributed by atoms with van der Waals surface area (Å²) in [6.07, 6.45) is 8.98. The predicted molar refractivity (Wildman–Crippen MR) is 79.2 cm³/mol. The normalized spacial score (nSPS) is 14.3. The van der Waals surface area contributed by atoms with Crippen LogP contribution in [0, 0.1) is 0 Å². The number of nitrogens with zero attached hydrogens (tertiary/aromatic N) is 2. The van der Waals surface area contributed by atoms with Crippen LogP contribution in [0.15, 0.2) is 28.2 Å². The van der Waals surface area contributed by atoms with Gasteiger partial charge in [-0.05, 0) is 31.0 Å². The highest BCUT2D eigenvalue weighted by Gasteiger charge is 2.10. The minimum absolute atomic E-state index is 0.302. The molecule has 1 aromatic rings. The van der Waals surface area contributed by atoms with Crippen LogP contribution in [0.4, 0.5) is 5.69 Å². The molecule has 0 amide bonds. The SMILES string of the molecule is O=C=NC1CCCCC1.O=C=Nc1ccc(Cl)c(Cl)c1. The summed E-state index contributed by atoms with van der Waals surface area (Å²) < 4.78 is 0. The Bertz CT molecular complexity index is 530. The summed E-state index contributed by atoms with van der Waals surface area (Å²) in [5.41, 5.74) is 0.453. The first kappa shape index (κ1) is 16.6. The Hall–Kier alpha value is -1.44. The molecule has 1 aliphatic carbocycles. The van der Waals surface area contributed by atoms with Crippen LogP contribution in [-0.2, 0) is 9.59 Å². The van der Waals surface area contributed by atoms with Crippen LogP contribution >= 0.6 is 23.2 Å². The van der Waals surface area contributed by atoms with Crippen LogP contribution in [-0.4, -0.2) is 18.2 Å². The van der Waals surface area contributed by atoms with E-state index in [-0.39, 0.29) is 0 Å². The van der Waals surface area contributed by atoms with E-state index in [1.54, 1.807) is 18.2 Å². The second kappa shape index (κ2) is 9.46. The first-order valence-corrected chi connectivity index (χ1v) is 7.03. The molecular formula is C14H14Cl2N2O2. The van der Waals surface area contributed by atoms with E-state index in [4.69, 9.17) is 23.2 Å². The molecule has 1 saturated carbocycles. The standard InChI is InChI=1S/C7H3Cl2NO.C7H11NO/c8-6-2-1-5(10-4-11)3-7(6)9;9-6-8-7-4-2-1-3-5-7/h1-3H;7H,1-5H2. The molecule has 4 nitrogen and oxygen atoms in total. The highest BCUT2D eigenvalue weighted by atomic mass is 35.5. The van der Waals surface area contributed by atoms with E-state index in [0.717, 1.165) is 12.8 Å². The lowest BCUT2D eigenvalue weighted by Gasteiger charge is -2.14. The largest absolute Gasteiger partial charge is 0.240 e. The fourth-order valence-electron chi connectivity index (χ4n) is 1.89. The van der Waals surface area contributed by atoms with E-state index in [2.05, 4.69) is 9.98 Å². The topological polar surface area (TPSA) is 58.9 Å². The molecular weight excluding hydrogens is 299 g/mol. The summed E-state index contributed by atoms with van der Waals surface area (Å²) in [4.78, 5) is 26.6. The second-order valence-electron chi connectivity index (χ2n) is 4.31. The number of aliphatic imine (C=N–C) groups is 2. The number of halogens is 2. The highest BCUT2D eigenvalue weighted by molar-refractivity contribution is 6.42. The molecule has 20 heavy (non-hydrogen) atoms. The highest BCUT2D eigenvalue weighted by Crippen LogP contribution is 2.26. The van der Waals surface area contributed by atoms with Gasteiger partial charge in [-0.15, -0.1) is 0 Å². The molecule has 1 fully saturated rings. The molecule has 2 rings (SSSR count). The lowest BCUT2D eigenvalue weighted by molar-refractivity contribution is 0.439. The third-order valence-electron chi connectivity index (χ3n) is 2.89. The van der Waals surface area contributed by atoms with E-state index in [1.807, 2.05) is 0 Å². The number of hydrogen-bond acceptors (Lipinski definition) is 4. The van der Waals surface area contributed by atoms with Gasteiger partial charge in [-0.25, -0.2) is 14.6 Å². The Balaban J connectivity index is 0.000000204. The van der Waals surface area contributed by atoms with Gasteiger partial charge in [0.25, 0.3) is 0 Å². The first-order valence-electron chi connectivity index (χ1n) is 6.27. The summed E-state index contributed by atoms with van der Waals surface area (Å²) in [6, 6.07) is 4.95. The molecule has 0 saturated heterocycles. The average Bonchev–Trinajstić information content (AvgIpc) is 2.46. The number of rotatable bonds is 2. The summed E-state index contributed by atoms with van der Waals surface area (Å²) in [7, 11) is 0. The molecule has 0 bridgehead atoms. The van der Waals surface area contributed by atoms with Gasteiger partial charge in [0.05, 0.1) is 21.8 Å². The zero-order valence-corrected chi connectivity index (χ0v) is 12.3. The van der Waals surface area contributed by atoms with Crippen molar-refractivity contribution in [3.05, 3.63) is 28.2 Å². The third kappa shape index (κ3) is 6.14. The molecule has 0 aromatic heterocycles. The number of benzene rings is 1. The van der Waals surface area contributed by atoms with Crippen molar-refractivity contribution in [3.63, 3.8) is 0 Å². The zero-order valence-electron chi connectivity index (χ0n) is 10.8. The van der Waals surface area contributed by atoms with Gasteiger partial charge in [0.1, 0.15) is 0 Å². The van der Waals surface area contributed by atoms with Gasteiger partial charge in [-0.2, -0.15) is 4.99 Å². The first-order chi connectivity index (χ1) is 9.67. The third-order valence-corrected chi connectivity index (χ3v) is 3.63. The molecule has 0 radical (unpaired) electrons. The van der Waals surface area contributed by atoms with Gasteiger partial charge in [-0.1, -0.05) is 42.5 Å². The molecule has 1 aromatic carbocycles. The van der Waals surface area contributed by atoms with E-state index < -0.39 is 0 Å². The Morgan fingerprint density at radius 3 is 2.25 bits per heavy atom. The molecule has 0 N–H and O–H groups in total. The summed E-state index contributed by atoms with van der Waals surface area (Å²) in [5, 5.41) is 0.819. The van der Waals surface area contributed by atoms with E-state index in [0.29, 0.717) is 21.8 Å². The van der Waals surface area contributed by atoms with Crippen LogP contribution in [0.3, 0.4) is 0 Å². The molecule has 106 valence electrons. The van der Waals surface area contributed by atoms with Crippen molar-refractivity contribution in [2.75, 3.05) is 0 Å².